The number of hydrogen-bond acceptors (Lipinski definition) is 5. The Hall–Kier alpha value is -4.02. The van der Waals surface area contributed by atoms with Gasteiger partial charge < -0.3 is 4.42 Å². The van der Waals surface area contributed by atoms with Crippen LogP contribution >= 0.6 is 12.2 Å². The average Bonchev–Trinajstić information content (AvgIpc) is 3.21. The molecule has 0 unspecified atom stereocenters. The molecule has 7 heteroatoms. The minimum Gasteiger partial charge on any atom is -0.457 e. The van der Waals surface area contributed by atoms with Crippen molar-refractivity contribution in [1.82, 2.24) is 5.32 Å². The van der Waals surface area contributed by atoms with Crippen molar-refractivity contribution in [3.63, 3.8) is 0 Å². The number of amides is 2. The Morgan fingerprint density at radius 1 is 1.07 bits per heavy atom. The first-order chi connectivity index (χ1) is 14.5. The molecule has 0 spiro atoms. The van der Waals surface area contributed by atoms with Crippen molar-refractivity contribution in [2.75, 3.05) is 4.90 Å². The number of carbonyl (C=O) groups excluding carboxylic acids is 2. The fourth-order valence-corrected chi connectivity index (χ4v) is 3.40. The number of nitriles is 1. The Morgan fingerprint density at radius 2 is 1.80 bits per heavy atom. The van der Waals surface area contributed by atoms with Gasteiger partial charge in [-0.2, -0.15) is 5.26 Å². The molecule has 2 aromatic carbocycles. The van der Waals surface area contributed by atoms with Crippen LogP contribution in [0.25, 0.3) is 17.4 Å². The van der Waals surface area contributed by atoms with Crippen LogP contribution in [0, 0.1) is 18.3 Å². The van der Waals surface area contributed by atoms with Gasteiger partial charge in [0.05, 0.1) is 17.3 Å². The van der Waals surface area contributed by atoms with Gasteiger partial charge in [0.2, 0.25) is 0 Å². The highest BCUT2D eigenvalue weighted by Gasteiger charge is 2.35. The summed E-state index contributed by atoms with van der Waals surface area (Å²) in [5, 5.41) is 11.5. The first-order valence-corrected chi connectivity index (χ1v) is 9.46. The molecular formula is C23H15N3O3S. The van der Waals surface area contributed by atoms with Gasteiger partial charge in [0.1, 0.15) is 17.1 Å². The number of hydrogen-bond donors (Lipinski definition) is 1. The van der Waals surface area contributed by atoms with Gasteiger partial charge in [-0.3, -0.25) is 19.8 Å². The molecule has 1 N–H and O–H groups in total. The van der Waals surface area contributed by atoms with E-state index < -0.39 is 11.8 Å². The number of furan rings is 1. The van der Waals surface area contributed by atoms with Crippen LogP contribution in [-0.2, 0) is 9.59 Å². The molecule has 1 aliphatic heterocycles. The smallest absolute Gasteiger partial charge is 0.270 e. The number of nitrogens with one attached hydrogen (secondary N) is 1. The van der Waals surface area contributed by atoms with Crippen molar-refractivity contribution < 1.29 is 14.0 Å². The Labute approximate surface area is 178 Å². The molecule has 6 nitrogen and oxygen atoms in total. The second-order valence-electron chi connectivity index (χ2n) is 6.64. The molecule has 2 amide bonds. The molecule has 30 heavy (non-hydrogen) atoms. The first kappa shape index (κ1) is 19.3. The van der Waals surface area contributed by atoms with E-state index in [1.54, 1.807) is 48.5 Å². The standard InChI is InChI=1S/C23H15N3O3S/c1-14-4-2-3-5-19(14)26-22(28)18(21(27)25-23(26)30)12-17-10-11-20(29-17)16-8-6-15(13-24)7-9-16/h2-12H,1H3,(H,25,27,30)/b18-12+. The largest absolute Gasteiger partial charge is 0.457 e. The highest BCUT2D eigenvalue weighted by Crippen LogP contribution is 2.27. The lowest BCUT2D eigenvalue weighted by Crippen LogP contribution is -2.54. The first-order valence-electron chi connectivity index (χ1n) is 9.05. The third-order valence-corrected chi connectivity index (χ3v) is 4.95. The lowest BCUT2D eigenvalue weighted by Gasteiger charge is -2.29. The van der Waals surface area contributed by atoms with Crippen molar-refractivity contribution in [3.8, 4) is 17.4 Å². The summed E-state index contributed by atoms with van der Waals surface area (Å²) in [6, 6.07) is 19.7. The molecule has 1 aliphatic rings. The van der Waals surface area contributed by atoms with Crippen molar-refractivity contribution in [2.24, 2.45) is 0 Å². The second kappa shape index (κ2) is 7.78. The predicted molar refractivity (Wildman–Crippen MR) is 116 cm³/mol. The maximum Gasteiger partial charge on any atom is 0.270 e. The number of benzene rings is 2. The highest BCUT2D eigenvalue weighted by atomic mass is 32.1. The van der Waals surface area contributed by atoms with Crippen LogP contribution in [0.4, 0.5) is 5.69 Å². The lowest BCUT2D eigenvalue weighted by molar-refractivity contribution is -0.122. The predicted octanol–water partition coefficient (Wildman–Crippen LogP) is 3.96. The van der Waals surface area contributed by atoms with Crippen LogP contribution in [0.1, 0.15) is 16.9 Å². The summed E-state index contributed by atoms with van der Waals surface area (Å²) in [6.07, 6.45) is 1.40. The zero-order valence-corrected chi connectivity index (χ0v) is 16.7. The van der Waals surface area contributed by atoms with E-state index in [2.05, 4.69) is 11.4 Å². The third kappa shape index (κ3) is 3.52. The molecule has 2 heterocycles. The SMILES string of the molecule is Cc1ccccc1N1C(=O)/C(=C/c2ccc(-c3ccc(C#N)cc3)o2)C(=O)NC1=S. The Morgan fingerprint density at radius 3 is 2.50 bits per heavy atom. The maximum absolute atomic E-state index is 13.1. The van der Waals surface area contributed by atoms with Crippen LogP contribution in [0.3, 0.4) is 0 Å². The van der Waals surface area contributed by atoms with Gasteiger partial charge in [-0.05, 0) is 73.2 Å². The van der Waals surface area contributed by atoms with Gasteiger partial charge in [-0.1, -0.05) is 18.2 Å². The summed E-state index contributed by atoms with van der Waals surface area (Å²) < 4.78 is 5.79. The number of nitrogens with zero attached hydrogens (tertiary/aromatic N) is 2. The van der Waals surface area contributed by atoms with E-state index in [4.69, 9.17) is 21.9 Å². The van der Waals surface area contributed by atoms with Gasteiger partial charge in [0, 0.05) is 5.56 Å². The molecule has 3 aromatic rings. The highest BCUT2D eigenvalue weighted by molar-refractivity contribution is 7.80. The summed E-state index contributed by atoms with van der Waals surface area (Å²) in [7, 11) is 0. The fraction of sp³-hybridized carbons (Fsp3) is 0.0435. The number of thiocarbonyl (C=S) groups is 1. The number of rotatable bonds is 3. The van der Waals surface area contributed by atoms with E-state index >= 15 is 0 Å². The molecule has 0 atom stereocenters. The van der Waals surface area contributed by atoms with E-state index in [0.717, 1.165) is 11.1 Å². The minimum absolute atomic E-state index is 0.0363. The number of anilines is 1. The third-order valence-electron chi connectivity index (χ3n) is 4.67. The summed E-state index contributed by atoms with van der Waals surface area (Å²) in [6.45, 7) is 1.86. The van der Waals surface area contributed by atoms with E-state index in [1.807, 2.05) is 19.1 Å². The van der Waals surface area contributed by atoms with Crippen molar-refractivity contribution in [1.29, 1.82) is 5.26 Å². The second-order valence-corrected chi connectivity index (χ2v) is 7.02. The van der Waals surface area contributed by atoms with E-state index in [9.17, 15) is 9.59 Å². The van der Waals surface area contributed by atoms with E-state index in [1.165, 1.54) is 11.0 Å². The van der Waals surface area contributed by atoms with Crippen molar-refractivity contribution in [3.05, 3.63) is 83.1 Å². The molecule has 0 radical (unpaired) electrons. The fourth-order valence-electron chi connectivity index (χ4n) is 3.13. The average molecular weight is 413 g/mol. The molecule has 0 saturated carbocycles. The number of carbonyl (C=O) groups is 2. The summed E-state index contributed by atoms with van der Waals surface area (Å²) in [4.78, 5) is 26.8. The van der Waals surface area contributed by atoms with Crippen LogP contribution in [-0.4, -0.2) is 16.9 Å². The quantitative estimate of drug-likeness (QED) is 0.399. The van der Waals surface area contributed by atoms with Gasteiger partial charge >= 0.3 is 0 Å². The van der Waals surface area contributed by atoms with Gasteiger partial charge in [0.25, 0.3) is 11.8 Å². The maximum atomic E-state index is 13.1. The molecule has 0 aliphatic carbocycles. The summed E-state index contributed by atoms with van der Waals surface area (Å²) in [5.74, 6) is -0.188. The molecule has 1 aromatic heterocycles. The molecule has 1 fully saturated rings. The van der Waals surface area contributed by atoms with Crippen LogP contribution in [0.15, 0.2) is 70.7 Å². The van der Waals surface area contributed by atoms with Crippen molar-refractivity contribution in [2.45, 2.75) is 6.92 Å². The molecule has 146 valence electrons. The zero-order chi connectivity index (χ0) is 21.3. The van der Waals surface area contributed by atoms with Gasteiger partial charge in [0.15, 0.2) is 5.11 Å². The van der Waals surface area contributed by atoms with Gasteiger partial charge in [-0.25, -0.2) is 0 Å². The van der Waals surface area contributed by atoms with E-state index in [0.29, 0.717) is 22.8 Å². The lowest BCUT2D eigenvalue weighted by atomic mass is 10.1. The van der Waals surface area contributed by atoms with Gasteiger partial charge in [-0.15, -0.1) is 0 Å². The van der Waals surface area contributed by atoms with E-state index in [-0.39, 0.29) is 10.7 Å². The molecule has 4 rings (SSSR count). The van der Waals surface area contributed by atoms with Crippen LogP contribution in [0.2, 0.25) is 0 Å². The molecule has 1 saturated heterocycles. The topological polar surface area (TPSA) is 86.3 Å². The summed E-state index contributed by atoms with van der Waals surface area (Å²) >= 11 is 5.23. The number of aryl methyl sites for hydroxylation is 1. The molecule has 0 bridgehead atoms. The Bertz CT molecular complexity index is 1250. The monoisotopic (exact) mass is 413 g/mol. The summed E-state index contributed by atoms with van der Waals surface area (Å²) in [5.41, 5.74) is 2.71. The minimum atomic E-state index is -0.578. The zero-order valence-electron chi connectivity index (χ0n) is 15.9. The Kier molecular flexibility index (Phi) is 5.00. The van der Waals surface area contributed by atoms with Crippen LogP contribution < -0.4 is 10.2 Å². The molecular weight excluding hydrogens is 398 g/mol. The Balaban J connectivity index is 1.67. The number of para-hydroxylation sites is 1. The van der Waals surface area contributed by atoms with Crippen LogP contribution in [0.5, 0.6) is 0 Å². The normalized spacial score (nSPS) is 15.3. The van der Waals surface area contributed by atoms with Crippen molar-refractivity contribution >= 4 is 40.9 Å².